The van der Waals surface area contributed by atoms with Gasteiger partial charge in [0.25, 0.3) is 5.91 Å². The van der Waals surface area contributed by atoms with Gasteiger partial charge in [-0.15, -0.1) is 0 Å². The molecule has 1 atom stereocenters. The second-order valence-electron chi connectivity index (χ2n) is 5.17. The molecule has 1 rings (SSSR count). The van der Waals surface area contributed by atoms with E-state index in [9.17, 15) is 4.79 Å². The summed E-state index contributed by atoms with van der Waals surface area (Å²) < 4.78 is 0. The lowest BCUT2D eigenvalue weighted by Gasteiger charge is -2.16. The van der Waals surface area contributed by atoms with Gasteiger partial charge in [-0.1, -0.05) is 38.1 Å². The zero-order valence-corrected chi connectivity index (χ0v) is 11.4. The first-order valence-corrected chi connectivity index (χ1v) is 6.25. The molecule has 0 fully saturated rings. The minimum absolute atomic E-state index is 0.249. The standard InChI is InChI=1S/C14H23N3O/c1-10(2)8-11-4-6-12(7-5-11)9-13(15)14(18)17(3)16/h4-7,10,13H,8-9,15-16H2,1-3H3. The number of nitrogens with zero attached hydrogens (tertiary/aromatic N) is 1. The van der Waals surface area contributed by atoms with Crippen molar-refractivity contribution in [3.05, 3.63) is 35.4 Å². The molecule has 4 heteroatoms. The van der Waals surface area contributed by atoms with Crippen molar-refractivity contribution < 1.29 is 4.79 Å². The van der Waals surface area contributed by atoms with Crippen LogP contribution in [0.2, 0.25) is 0 Å². The monoisotopic (exact) mass is 249 g/mol. The normalized spacial score (nSPS) is 12.6. The van der Waals surface area contributed by atoms with Crippen molar-refractivity contribution in [2.75, 3.05) is 7.05 Å². The zero-order chi connectivity index (χ0) is 13.7. The fourth-order valence-electron chi connectivity index (χ4n) is 1.89. The van der Waals surface area contributed by atoms with Gasteiger partial charge in [-0.05, 0) is 29.9 Å². The van der Waals surface area contributed by atoms with E-state index in [0.29, 0.717) is 12.3 Å². The number of likely N-dealkylation sites (N-methyl/N-ethyl adjacent to an activating group) is 1. The Morgan fingerprint density at radius 3 is 2.00 bits per heavy atom. The number of hydrogen-bond acceptors (Lipinski definition) is 3. The summed E-state index contributed by atoms with van der Waals surface area (Å²) in [6.45, 7) is 4.39. The van der Waals surface area contributed by atoms with E-state index in [1.807, 2.05) is 12.1 Å². The maximum atomic E-state index is 11.5. The van der Waals surface area contributed by atoms with Crippen LogP contribution in [0.15, 0.2) is 24.3 Å². The molecule has 0 bridgehead atoms. The Labute approximate surface area is 109 Å². The highest BCUT2D eigenvalue weighted by molar-refractivity contribution is 5.81. The largest absolute Gasteiger partial charge is 0.320 e. The number of benzene rings is 1. The first kappa shape index (κ1) is 14.7. The highest BCUT2D eigenvalue weighted by Crippen LogP contribution is 2.11. The molecule has 4 nitrogen and oxygen atoms in total. The van der Waals surface area contributed by atoms with Crippen LogP contribution in [0.25, 0.3) is 0 Å². The summed E-state index contributed by atoms with van der Waals surface area (Å²) in [6, 6.07) is 7.68. The third kappa shape index (κ3) is 4.47. The van der Waals surface area contributed by atoms with Crippen LogP contribution < -0.4 is 11.6 Å². The van der Waals surface area contributed by atoms with Gasteiger partial charge in [0.15, 0.2) is 0 Å². The first-order valence-electron chi connectivity index (χ1n) is 6.25. The van der Waals surface area contributed by atoms with Crippen LogP contribution in [0.4, 0.5) is 0 Å². The summed E-state index contributed by atoms with van der Waals surface area (Å²) >= 11 is 0. The van der Waals surface area contributed by atoms with Crippen LogP contribution in [-0.2, 0) is 17.6 Å². The number of carbonyl (C=O) groups excluding carboxylic acids is 1. The van der Waals surface area contributed by atoms with E-state index < -0.39 is 6.04 Å². The Balaban J connectivity index is 2.61. The van der Waals surface area contributed by atoms with Crippen LogP contribution in [0, 0.1) is 5.92 Å². The van der Waals surface area contributed by atoms with E-state index in [1.165, 1.54) is 12.6 Å². The Bertz CT molecular complexity index is 385. The fraction of sp³-hybridized carbons (Fsp3) is 0.500. The van der Waals surface area contributed by atoms with Crippen LogP contribution >= 0.6 is 0 Å². The molecule has 4 N–H and O–H groups in total. The Morgan fingerprint density at radius 2 is 1.61 bits per heavy atom. The van der Waals surface area contributed by atoms with Crippen LogP contribution in [0.3, 0.4) is 0 Å². The highest BCUT2D eigenvalue weighted by Gasteiger charge is 2.16. The van der Waals surface area contributed by atoms with Crippen molar-refractivity contribution in [2.24, 2.45) is 17.5 Å². The van der Waals surface area contributed by atoms with Gasteiger partial charge in [0.05, 0.1) is 6.04 Å². The number of carbonyl (C=O) groups is 1. The van der Waals surface area contributed by atoms with Gasteiger partial charge in [0, 0.05) is 7.05 Å². The Morgan fingerprint density at radius 1 is 1.17 bits per heavy atom. The molecule has 0 aliphatic carbocycles. The average Bonchev–Trinajstić information content (AvgIpc) is 2.29. The third-order valence-corrected chi connectivity index (χ3v) is 2.79. The first-order chi connectivity index (χ1) is 8.40. The van der Waals surface area contributed by atoms with Crippen LogP contribution in [0.1, 0.15) is 25.0 Å². The lowest BCUT2D eigenvalue weighted by molar-refractivity contribution is -0.131. The minimum atomic E-state index is -0.573. The van der Waals surface area contributed by atoms with Gasteiger partial charge in [0.1, 0.15) is 0 Å². The van der Waals surface area contributed by atoms with E-state index in [1.54, 1.807) is 0 Å². The molecule has 0 saturated heterocycles. The van der Waals surface area contributed by atoms with Crippen molar-refractivity contribution in [3.8, 4) is 0 Å². The smallest absolute Gasteiger partial charge is 0.253 e. The molecule has 0 radical (unpaired) electrons. The molecular formula is C14H23N3O. The second-order valence-corrected chi connectivity index (χ2v) is 5.17. The average molecular weight is 249 g/mol. The van der Waals surface area contributed by atoms with E-state index >= 15 is 0 Å². The molecule has 0 heterocycles. The molecule has 1 aromatic rings. The number of nitrogens with two attached hydrogens (primary N) is 2. The molecule has 0 aliphatic rings. The fourth-order valence-corrected chi connectivity index (χ4v) is 1.89. The summed E-state index contributed by atoms with van der Waals surface area (Å²) in [6.07, 6.45) is 1.58. The highest BCUT2D eigenvalue weighted by atomic mass is 16.2. The molecule has 1 unspecified atom stereocenters. The van der Waals surface area contributed by atoms with Gasteiger partial charge in [-0.25, -0.2) is 5.84 Å². The van der Waals surface area contributed by atoms with Crippen molar-refractivity contribution in [2.45, 2.75) is 32.7 Å². The van der Waals surface area contributed by atoms with E-state index in [2.05, 4.69) is 26.0 Å². The summed E-state index contributed by atoms with van der Waals surface area (Å²) in [5.74, 6) is 5.77. The number of hydrazine groups is 1. The van der Waals surface area contributed by atoms with Gasteiger partial charge >= 0.3 is 0 Å². The quantitative estimate of drug-likeness (QED) is 0.466. The topological polar surface area (TPSA) is 72.4 Å². The predicted molar refractivity (Wildman–Crippen MR) is 73.6 cm³/mol. The van der Waals surface area contributed by atoms with E-state index in [0.717, 1.165) is 17.0 Å². The maximum absolute atomic E-state index is 11.5. The molecule has 1 aromatic carbocycles. The lowest BCUT2D eigenvalue weighted by Crippen LogP contribution is -2.46. The predicted octanol–water partition coefficient (Wildman–Crippen LogP) is 1.09. The molecule has 0 saturated carbocycles. The minimum Gasteiger partial charge on any atom is -0.320 e. The molecule has 0 spiro atoms. The SMILES string of the molecule is CC(C)Cc1ccc(CC(N)C(=O)N(C)N)cc1. The van der Waals surface area contributed by atoms with Gasteiger partial charge < -0.3 is 5.73 Å². The molecular weight excluding hydrogens is 226 g/mol. The van der Waals surface area contributed by atoms with E-state index in [-0.39, 0.29) is 5.91 Å². The third-order valence-electron chi connectivity index (χ3n) is 2.79. The molecule has 100 valence electrons. The Kier molecular flexibility index (Phi) is 5.31. The summed E-state index contributed by atoms with van der Waals surface area (Å²) in [4.78, 5) is 11.5. The maximum Gasteiger partial charge on any atom is 0.253 e. The Hall–Kier alpha value is -1.39. The van der Waals surface area contributed by atoms with Gasteiger partial charge in [-0.3, -0.25) is 9.80 Å². The summed E-state index contributed by atoms with van der Waals surface area (Å²) in [5, 5.41) is 1.04. The molecule has 0 aliphatic heterocycles. The molecule has 1 amide bonds. The van der Waals surface area contributed by atoms with E-state index in [4.69, 9.17) is 11.6 Å². The van der Waals surface area contributed by atoms with Crippen LogP contribution in [0.5, 0.6) is 0 Å². The summed E-state index contributed by atoms with van der Waals surface area (Å²) in [5.41, 5.74) is 8.17. The molecule has 18 heavy (non-hydrogen) atoms. The summed E-state index contributed by atoms with van der Waals surface area (Å²) in [7, 11) is 1.51. The van der Waals surface area contributed by atoms with Crippen molar-refractivity contribution in [1.82, 2.24) is 5.01 Å². The van der Waals surface area contributed by atoms with Crippen molar-refractivity contribution in [3.63, 3.8) is 0 Å². The lowest BCUT2D eigenvalue weighted by atomic mass is 9.99. The second kappa shape index (κ2) is 6.52. The van der Waals surface area contributed by atoms with Gasteiger partial charge in [-0.2, -0.15) is 0 Å². The van der Waals surface area contributed by atoms with Gasteiger partial charge in [0.2, 0.25) is 0 Å². The van der Waals surface area contributed by atoms with Crippen molar-refractivity contribution >= 4 is 5.91 Å². The number of hydrogen-bond donors (Lipinski definition) is 2. The zero-order valence-electron chi connectivity index (χ0n) is 11.4. The van der Waals surface area contributed by atoms with Crippen molar-refractivity contribution in [1.29, 1.82) is 0 Å². The number of rotatable bonds is 5. The van der Waals surface area contributed by atoms with Crippen LogP contribution in [-0.4, -0.2) is 24.0 Å². The number of amides is 1. The molecule has 0 aromatic heterocycles.